The van der Waals surface area contributed by atoms with Gasteiger partial charge >= 0.3 is 0 Å². The van der Waals surface area contributed by atoms with Gasteiger partial charge in [0.15, 0.2) is 30.2 Å². The molecule has 6 nitrogen and oxygen atoms in total. The molecular formula is C28H28N2O4S2. The number of nitriles is 2. The van der Waals surface area contributed by atoms with Crippen LogP contribution in [0.15, 0.2) is 82.6 Å². The Kier molecular flexibility index (Phi) is 8.68. The van der Waals surface area contributed by atoms with E-state index in [0.717, 1.165) is 24.0 Å². The highest BCUT2D eigenvalue weighted by atomic mass is 32.2. The smallest absolute Gasteiger partial charge is 0.194 e. The van der Waals surface area contributed by atoms with Gasteiger partial charge in [-0.25, -0.2) is 16.8 Å². The molecule has 2 unspecified atom stereocenters. The second kappa shape index (κ2) is 11.5. The van der Waals surface area contributed by atoms with Crippen LogP contribution in [-0.2, 0) is 45.4 Å². The Morgan fingerprint density at radius 2 is 0.833 bits per heavy atom. The summed E-state index contributed by atoms with van der Waals surface area (Å²) in [7, 11) is -7.69. The van der Waals surface area contributed by atoms with Gasteiger partial charge in [0, 0.05) is 12.8 Å². The van der Waals surface area contributed by atoms with E-state index in [-0.39, 0.29) is 22.6 Å². The zero-order chi connectivity index (χ0) is 26.3. The third-order valence-electron chi connectivity index (χ3n) is 6.22. The number of hydrogen-bond acceptors (Lipinski definition) is 6. The Morgan fingerprint density at radius 3 is 1.08 bits per heavy atom. The lowest BCUT2D eigenvalue weighted by Crippen LogP contribution is -2.23. The molecule has 0 aromatic heterocycles. The molecule has 0 saturated heterocycles. The van der Waals surface area contributed by atoms with Crippen LogP contribution < -0.4 is 0 Å². The summed E-state index contributed by atoms with van der Waals surface area (Å²) >= 11 is 0. The lowest BCUT2D eigenvalue weighted by Gasteiger charge is -2.13. The molecule has 2 atom stereocenters. The molecule has 0 heterocycles. The molecule has 0 fully saturated rings. The summed E-state index contributed by atoms with van der Waals surface area (Å²) in [6.07, 6.45) is 1.57. The summed E-state index contributed by atoms with van der Waals surface area (Å²) < 4.78 is 51.9. The van der Waals surface area contributed by atoms with E-state index in [1.165, 1.54) is 24.3 Å². The van der Waals surface area contributed by atoms with Crippen LogP contribution in [0.3, 0.4) is 0 Å². The summed E-state index contributed by atoms with van der Waals surface area (Å²) in [5, 5.41) is 16.7. The normalized spacial score (nSPS) is 13.3. The molecule has 8 heteroatoms. The number of rotatable bonds is 10. The minimum atomic E-state index is -3.85. The summed E-state index contributed by atoms with van der Waals surface area (Å²) in [6.45, 7) is 3.95. The van der Waals surface area contributed by atoms with Crippen molar-refractivity contribution in [3.8, 4) is 12.1 Å². The molecule has 3 rings (SSSR count). The van der Waals surface area contributed by atoms with Crippen LogP contribution in [-0.4, -0.2) is 27.3 Å². The highest BCUT2D eigenvalue weighted by molar-refractivity contribution is 7.92. The highest BCUT2D eigenvalue weighted by Gasteiger charge is 2.29. The quantitative estimate of drug-likeness (QED) is 0.385. The Hall–Kier alpha value is -3.46. The molecule has 0 spiro atoms. The number of nitrogens with zero attached hydrogens (tertiary/aromatic N) is 2. The van der Waals surface area contributed by atoms with Crippen molar-refractivity contribution in [3.63, 3.8) is 0 Å². The van der Waals surface area contributed by atoms with Crippen LogP contribution in [0.4, 0.5) is 0 Å². The molecule has 0 N–H and O–H groups in total. The van der Waals surface area contributed by atoms with Gasteiger partial charge in [-0.15, -0.1) is 0 Å². The van der Waals surface area contributed by atoms with Gasteiger partial charge in [-0.3, -0.25) is 0 Å². The van der Waals surface area contributed by atoms with Crippen molar-refractivity contribution >= 4 is 19.7 Å². The topological polar surface area (TPSA) is 116 Å². The minimum absolute atomic E-state index is 0.00159. The van der Waals surface area contributed by atoms with E-state index in [9.17, 15) is 27.4 Å². The Bertz CT molecular complexity index is 1360. The number of sulfone groups is 2. The van der Waals surface area contributed by atoms with Crippen LogP contribution in [0.5, 0.6) is 0 Å². The molecule has 3 aromatic carbocycles. The fraction of sp³-hybridized carbons (Fsp3) is 0.286. The number of aryl methyl sites for hydroxylation is 2. The lowest BCUT2D eigenvalue weighted by atomic mass is 10.0. The summed E-state index contributed by atoms with van der Waals surface area (Å²) in [6, 6.07) is 23.6. The SMILES string of the molecule is CCc1ccc(S(=O)(=O)C(C#N)Cc2ccc(CC(C#N)S(=O)(=O)c3ccc(CC)cc3)cc2)cc1. The third kappa shape index (κ3) is 6.02. The van der Waals surface area contributed by atoms with E-state index in [1.807, 2.05) is 26.0 Å². The largest absolute Gasteiger partial charge is 0.222 e. The first-order chi connectivity index (χ1) is 17.1. The van der Waals surface area contributed by atoms with Crippen molar-refractivity contribution in [2.75, 3.05) is 0 Å². The predicted octanol–water partition coefficient (Wildman–Crippen LogP) is 4.63. The Labute approximate surface area is 213 Å². The molecule has 0 saturated carbocycles. The molecule has 186 valence electrons. The average molecular weight is 521 g/mol. The van der Waals surface area contributed by atoms with Crippen LogP contribution in [0.1, 0.15) is 36.1 Å². The van der Waals surface area contributed by atoms with Crippen molar-refractivity contribution in [2.45, 2.75) is 59.8 Å². The van der Waals surface area contributed by atoms with Gasteiger partial charge in [0.1, 0.15) is 0 Å². The van der Waals surface area contributed by atoms with E-state index in [2.05, 4.69) is 0 Å². The van der Waals surface area contributed by atoms with Crippen molar-refractivity contribution in [3.05, 3.63) is 95.1 Å². The van der Waals surface area contributed by atoms with E-state index >= 15 is 0 Å². The molecule has 0 radical (unpaired) electrons. The van der Waals surface area contributed by atoms with Crippen molar-refractivity contribution in [1.29, 1.82) is 10.5 Å². The van der Waals surface area contributed by atoms with Crippen molar-refractivity contribution in [2.24, 2.45) is 0 Å². The maximum Gasteiger partial charge on any atom is 0.194 e. The van der Waals surface area contributed by atoms with E-state index in [1.54, 1.807) is 48.5 Å². The average Bonchev–Trinajstić information content (AvgIpc) is 2.90. The predicted molar refractivity (Wildman–Crippen MR) is 139 cm³/mol. The van der Waals surface area contributed by atoms with Gasteiger partial charge < -0.3 is 0 Å². The van der Waals surface area contributed by atoms with Crippen molar-refractivity contribution in [1.82, 2.24) is 0 Å². The Balaban J connectivity index is 1.75. The van der Waals surface area contributed by atoms with Crippen LogP contribution in [0.2, 0.25) is 0 Å². The molecule has 0 amide bonds. The van der Waals surface area contributed by atoms with Crippen LogP contribution >= 0.6 is 0 Å². The van der Waals surface area contributed by atoms with Crippen molar-refractivity contribution < 1.29 is 16.8 Å². The standard InChI is InChI=1S/C28H28N2O4S2/c1-3-21-9-13-25(14-10-21)35(31,32)27(19-29)17-23-5-7-24(8-6-23)18-28(20-30)36(33,34)26-15-11-22(4-2)12-16-26/h5-16,27-28H,3-4,17-18H2,1-2H3. The number of benzene rings is 3. The third-order valence-corrected chi connectivity index (χ3v) is 10.1. The zero-order valence-corrected chi connectivity index (χ0v) is 21.9. The van der Waals surface area contributed by atoms with E-state index in [0.29, 0.717) is 11.1 Å². The molecule has 3 aromatic rings. The van der Waals surface area contributed by atoms with Gasteiger partial charge in [-0.05, 0) is 59.4 Å². The maximum atomic E-state index is 13.0. The zero-order valence-electron chi connectivity index (χ0n) is 20.3. The van der Waals surface area contributed by atoms with Gasteiger partial charge in [-0.1, -0.05) is 62.4 Å². The lowest BCUT2D eigenvalue weighted by molar-refractivity contribution is 0.586. The van der Waals surface area contributed by atoms with Gasteiger partial charge in [0.2, 0.25) is 0 Å². The molecule has 0 bridgehead atoms. The summed E-state index contributed by atoms with van der Waals surface area (Å²) in [5.74, 6) is 0. The minimum Gasteiger partial charge on any atom is -0.222 e. The summed E-state index contributed by atoms with van der Waals surface area (Å²) in [4.78, 5) is 0.216. The van der Waals surface area contributed by atoms with Gasteiger partial charge in [0.25, 0.3) is 0 Å². The molecule has 36 heavy (non-hydrogen) atoms. The molecule has 0 aliphatic rings. The summed E-state index contributed by atoms with van der Waals surface area (Å²) in [5.41, 5.74) is 3.28. The molecule has 0 aliphatic heterocycles. The fourth-order valence-corrected chi connectivity index (χ4v) is 6.64. The van der Waals surface area contributed by atoms with E-state index < -0.39 is 30.2 Å². The highest BCUT2D eigenvalue weighted by Crippen LogP contribution is 2.23. The maximum absolute atomic E-state index is 13.0. The molecule has 0 aliphatic carbocycles. The first kappa shape index (κ1) is 27.1. The van der Waals surface area contributed by atoms with Gasteiger partial charge in [0.05, 0.1) is 21.9 Å². The van der Waals surface area contributed by atoms with E-state index in [4.69, 9.17) is 0 Å². The monoisotopic (exact) mass is 520 g/mol. The van der Waals surface area contributed by atoms with Gasteiger partial charge in [-0.2, -0.15) is 10.5 Å². The Morgan fingerprint density at radius 1 is 0.556 bits per heavy atom. The number of hydrogen-bond donors (Lipinski definition) is 0. The van der Waals surface area contributed by atoms with Crippen LogP contribution in [0.25, 0.3) is 0 Å². The first-order valence-corrected chi connectivity index (χ1v) is 14.8. The second-order valence-corrected chi connectivity index (χ2v) is 12.8. The first-order valence-electron chi connectivity index (χ1n) is 11.7. The molecular weight excluding hydrogens is 492 g/mol. The fourth-order valence-electron chi connectivity index (χ4n) is 3.85. The second-order valence-electron chi connectivity index (χ2n) is 8.55. The van der Waals surface area contributed by atoms with Crippen LogP contribution in [0, 0.1) is 22.7 Å².